The standard InChI is InChI=1S/C18H25N3O5S/c1-3-26-18(24)21-9-7-20(8-10-21)11-14(22)19-16-15(17(23)25-2)12-5-4-6-13(12)27-16/h3-11H2,1-2H3,(H,19,22). The summed E-state index contributed by atoms with van der Waals surface area (Å²) in [6.45, 7) is 4.64. The van der Waals surface area contributed by atoms with Gasteiger partial charge in [0.2, 0.25) is 5.91 Å². The zero-order chi connectivity index (χ0) is 19.4. The van der Waals surface area contributed by atoms with Crippen molar-refractivity contribution >= 4 is 34.3 Å². The Morgan fingerprint density at radius 2 is 1.89 bits per heavy atom. The number of fused-ring (bicyclic) bond motifs is 1. The number of carbonyl (C=O) groups excluding carboxylic acids is 3. The third-order valence-electron chi connectivity index (χ3n) is 4.83. The second kappa shape index (κ2) is 8.71. The minimum absolute atomic E-state index is 0.162. The van der Waals surface area contributed by atoms with Crippen LogP contribution in [0, 0.1) is 0 Å². The zero-order valence-electron chi connectivity index (χ0n) is 15.7. The predicted octanol–water partition coefficient (Wildman–Crippen LogP) is 1.74. The molecule has 1 fully saturated rings. The van der Waals surface area contributed by atoms with Crippen LogP contribution in [0.15, 0.2) is 0 Å². The summed E-state index contributed by atoms with van der Waals surface area (Å²) in [4.78, 5) is 41.2. The van der Waals surface area contributed by atoms with E-state index in [2.05, 4.69) is 5.32 Å². The van der Waals surface area contributed by atoms with Crippen molar-refractivity contribution in [1.29, 1.82) is 0 Å². The average Bonchev–Trinajstić information content (AvgIpc) is 3.22. The number of nitrogens with one attached hydrogen (secondary N) is 1. The van der Waals surface area contributed by atoms with E-state index in [0.717, 1.165) is 29.7 Å². The molecule has 0 radical (unpaired) electrons. The van der Waals surface area contributed by atoms with Gasteiger partial charge in [-0.3, -0.25) is 9.69 Å². The number of carbonyl (C=O) groups is 3. The zero-order valence-corrected chi connectivity index (χ0v) is 16.5. The molecule has 1 N–H and O–H groups in total. The number of thiophene rings is 1. The highest BCUT2D eigenvalue weighted by atomic mass is 32.1. The fourth-order valence-corrected chi connectivity index (χ4v) is 4.78. The number of amides is 2. The van der Waals surface area contributed by atoms with E-state index in [9.17, 15) is 14.4 Å². The van der Waals surface area contributed by atoms with Crippen LogP contribution in [0.4, 0.5) is 9.80 Å². The molecule has 9 heteroatoms. The minimum atomic E-state index is -0.396. The van der Waals surface area contributed by atoms with Crippen LogP contribution in [0.2, 0.25) is 0 Å². The first-order chi connectivity index (χ1) is 13.0. The van der Waals surface area contributed by atoms with Crippen molar-refractivity contribution < 1.29 is 23.9 Å². The summed E-state index contributed by atoms with van der Waals surface area (Å²) in [6.07, 6.45) is 2.51. The maximum absolute atomic E-state index is 12.5. The minimum Gasteiger partial charge on any atom is -0.465 e. The average molecular weight is 395 g/mol. The van der Waals surface area contributed by atoms with Crippen LogP contribution in [0.25, 0.3) is 0 Å². The van der Waals surface area contributed by atoms with Gasteiger partial charge in [-0.1, -0.05) is 0 Å². The molecule has 1 aliphatic carbocycles. The summed E-state index contributed by atoms with van der Waals surface area (Å²) in [5.74, 6) is -0.558. The summed E-state index contributed by atoms with van der Waals surface area (Å²) >= 11 is 1.47. The third-order valence-corrected chi connectivity index (χ3v) is 6.04. The van der Waals surface area contributed by atoms with Crippen molar-refractivity contribution in [2.24, 2.45) is 0 Å². The molecule has 1 saturated heterocycles. The molecule has 0 spiro atoms. The van der Waals surface area contributed by atoms with Crippen LogP contribution in [-0.2, 0) is 27.1 Å². The van der Waals surface area contributed by atoms with E-state index in [1.807, 2.05) is 4.90 Å². The number of aryl methyl sites for hydroxylation is 1. The van der Waals surface area contributed by atoms with Crippen molar-refractivity contribution in [2.45, 2.75) is 26.2 Å². The Bertz CT molecular complexity index is 725. The summed E-state index contributed by atoms with van der Waals surface area (Å²) in [5, 5.41) is 3.47. The monoisotopic (exact) mass is 395 g/mol. The van der Waals surface area contributed by atoms with Gasteiger partial charge >= 0.3 is 12.1 Å². The molecule has 2 heterocycles. The molecule has 148 valence electrons. The first kappa shape index (κ1) is 19.6. The smallest absolute Gasteiger partial charge is 0.409 e. The molecule has 2 amide bonds. The highest BCUT2D eigenvalue weighted by Gasteiger charge is 2.29. The van der Waals surface area contributed by atoms with Crippen LogP contribution in [-0.4, -0.2) is 74.2 Å². The molecular weight excluding hydrogens is 370 g/mol. The van der Waals surface area contributed by atoms with Gasteiger partial charge in [0.05, 0.1) is 25.8 Å². The summed E-state index contributed by atoms with van der Waals surface area (Å²) < 4.78 is 9.90. The molecule has 0 atom stereocenters. The van der Waals surface area contributed by atoms with E-state index >= 15 is 0 Å². The lowest BCUT2D eigenvalue weighted by molar-refractivity contribution is -0.117. The van der Waals surface area contributed by atoms with Gasteiger partial charge < -0.3 is 19.7 Å². The lowest BCUT2D eigenvalue weighted by atomic mass is 10.1. The molecule has 0 aromatic carbocycles. The Balaban J connectivity index is 1.56. The lowest BCUT2D eigenvalue weighted by Crippen LogP contribution is -2.50. The highest BCUT2D eigenvalue weighted by Crippen LogP contribution is 2.39. The molecule has 1 aromatic rings. The Morgan fingerprint density at radius 3 is 2.56 bits per heavy atom. The summed E-state index contributed by atoms with van der Waals surface area (Å²) in [6, 6.07) is 0. The normalized spacial score (nSPS) is 16.7. The molecule has 3 rings (SSSR count). The number of piperazine rings is 1. The summed E-state index contributed by atoms with van der Waals surface area (Å²) in [7, 11) is 1.36. The molecule has 8 nitrogen and oxygen atoms in total. The molecule has 2 aliphatic rings. The third kappa shape index (κ3) is 4.41. The fourth-order valence-electron chi connectivity index (χ4n) is 3.48. The Labute approximate surface area is 162 Å². The Kier molecular flexibility index (Phi) is 6.33. The second-order valence-electron chi connectivity index (χ2n) is 6.56. The van der Waals surface area contributed by atoms with E-state index < -0.39 is 5.97 Å². The van der Waals surface area contributed by atoms with E-state index in [-0.39, 0.29) is 18.5 Å². The van der Waals surface area contributed by atoms with Gasteiger partial charge in [0.1, 0.15) is 5.00 Å². The first-order valence-corrected chi connectivity index (χ1v) is 10.0. The van der Waals surface area contributed by atoms with Gasteiger partial charge in [0.25, 0.3) is 0 Å². The van der Waals surface area contributed by atoms with Crippen molar-refractivity contribution in [2.75, 3.05) is 51.8 Å². The first-order valence-electron chi connectivity index (χ1n) is 9.20. The van der Waals surface area contributed by atoms with Gasteiger partial charge in [-0.2, -0.15) is 0 Å². The van der Waals surface area contributed by atoms with E-state index in [0.29, 0.717) is 43.4 Å². The number of hydrogen-bond acceptors (Lipinski definition) is 7. The number of methoxy groups -OCH3 is 1. The number of ether oxygens (including phenoxy) is 2. The molecule has 1 aromatic heterocycles. The van der Waals surface area contributed by atoms with Gasteiger partial charge in [-0.05, 0) is 31.7 Å². The number of esters is 1. The fraction of sp³-hybridized carbons (Fsp3) is 0.611. The van der Waals surface area contributed by atoms with Crippen molar-refractivity contribution in [3.05, 3.63) is 16.0 Å². The number of nitrogens with zero attached hydrogens (tertiary/aromatic N) is 2. The molecule has 0 unspecified atom stereocenters. The van der Waals surface area contributed by atoms with Crippen LogP contribution in [0.1, 0.15) is 34.1 Å². The van der Waals surface area contributed by atoms with Crippen LogP contribution in [0.5, 0.6) is 0 Å². The van der Waals surface area contributed by atoms with E-state index in [4.69, 9.17) is 9.47 Å². The van der Waals surface area contributed by atoms with Gasteiger partial charge in [-0.25, -0.2) is 9.59 Å². The van der Waals surface area contributed by atoms with Gasteiger partial charge in [0, 0.05) is 31.1 Å². The highest BCUT2D eigenvalue weighted by molar-refractivity contribution is 7.17. The maximum atomic E-state index is 12.5. The topological polar surface area (TPSA) is 88.2 Å². The quantitative estimate of drug-likeness (QED) is 0.764. The Hall–Kier alpha value is -2.13. The number of anilines is 1. The van der Waals surface area contributed by atoms with E-state index in [1.54, 1.807) is 11.8 Å². The second-order valence-corrected chi connectivity index (χ2v) is 7.67. The van der Waals surface area contributed by atoms with Crippen molar-refractivity contribution in [1.82, 2.24) is 9.80 Å². The molecule has 27 heavy (non-hydrogen) atoms. The molecule has 0 bridgehead atoms. The maximum Gasteiger partial charge on any atom is 0.409 e. The molecular formula is C18H25N3O5S. The lowest BCUT2D eigenvalue weighted by Gasteiger charge is -2.33. The number of rotatable bonds is 5. The molecule has 1 aliphatic heterocycles. The SMILES string of the molecule is CCOC(=O)N1CCN(CC(=O)Nc2sc3c(c2C(=O)OC)CCC3)CC1. The largest absolute Gasteiger partial charge is 0.465 e. The van der Waals surface area contributed by atoms with Crippen LogP contribution >= 0.6 is 11.3 Å². The van der Waals surface area contributed by atoms with Crippen LogP contribution < -0.4 is 5.32 Å². The number of hydrogen-bond donors (Lipinski definition) is 1. The van der Waals surface area contributed by atoms with Crippen molar-refractivity contribution in [3.8, 4) is 0 Å². The van der Waals surface area contributed by atoms with Crippen LogP contribution in [0.3, 0.4) is 0 Å². The summed E-state index contributed by atoms with van der Waals surface area (Å²) in [5.41, 5.74) is 1.53. The van der Waals surface area contributed by atoms with Crippen molar-refractivity contribution in [3.63, 3.8) is 0 Å². The Morgan fingerprint density at radius 1 is 1.15 bits per heavy atom. The van der Waals surface area contributed by atoms with Gasteiger partial charge in [0.15, 0.2) is 0 Å². The van der Waals surface area contributed by atoms with Gasteiger partial charge in [-0.15, -0.1) is 11.3 Å². The molecule has 0 saturated carbocycles. The predicted molar refractivity (Wildman–Crippen MR) is 101 cm³/mol. The van der Waals surface area contributed by atoms with E-state index in [1.165, 1.54) is 18.4 Å².